The Morgan fingerprint density at radius 2 is 2.05 bits per heavy atom. The highest BCUT2D eigenvalue weighted by Crippen LogP contribution is 2.39. The van der Waals surface area contributed by atoms with Gasteiger partial charge in [-0.15, -0.1) is 0 Å². The Balaban J connectivity index is 1.87. The lowest BCUT2D eigenvalue weighted by Crippen LogP contribution is -1.96. The van der Waals surface area contributed by atoms with E-state index in [2.05, 4.69) is 9.97 Å². The van der Waals surface area contributed by atoms with Crippen molar-refractivity contribution in [2.24, 2.45) is 0 Å². The first kappa shape index (κ1) is 12.4. The topological polar surface area (TPSA) is 35.0 Å². The van der Waals surface area contributed by atoms with Crippen molar-refractivity contribution in [3.05, 3.63) is 46.6 Å². The predicted octanol–water partition coefficient (Wildman–Crippen LogP) is 4.25. The second-order valence-corrected chi connectivity index (χ2v) is 5.06. The minimum atomic E-state index is -0.258. The van der Waals surface area contributed by atoms with Gasteiger partial charge in [-0.05, 0) is 43.5 Å². The molecule has 98 valence electrons. The van der Waals surface area contributed by atoms with Crippen LogP contribution >= 0.6 is 11.6 Å². The molecule has 0 atom stereocenters. The molecule has 0 amide bonds. The van der Waals surface area contributed by atoms with Crippen LogP contribution in [0.4, 0.5) is 4.39 Å². The molecule has 1 aromatic heterocycles. The predicted molar refractivity (Wildman–Crippen MR) is 70.2 cm³/mol. The third-order valence-electron chi connectivity index (χ3n) is 2.98. The summed E-state index contributed by atoms with van der Waals surface area (Å²) in [6.07, 6.45) is 2.19. The van der Waals surface area contributed by atoms with Crippen LogP contribution in [0.15, 0.2) is 24.3 Å². The molecule has 0 spiro atoms. The monoisotopic (exact) mass is 278 g/mol. The zero-order valence-corrected chi connectivity index (χ0v) is 11.1. The first-order valence-corrected chi connectivity index (χ1v) is 6.48. The van der Waals surface area contributed by atoms with Crippen LogP contribution in [-0.4, -0.2) is 9.97 Å². The number of hydrogen-bond acceptors (Lipinski definition) is 3. The number of benzene rings is 1. The van der Waals surface area contributed by atoms with Crippen molar-refractivity contribution in [2.75, 3.05) is 0 Å². The molecule has 1 aliphatic rings. The molecule has 0 radical (unpaired) electrons. The lowest BCUT2D eigenvalue weighted by Gasteiger charge is -2.07. The van der Waals surface area contributed by atoms with E-state index in [-0.39, 0.29) is 5.82 Å². The lowest BCUT2D eigenvalue weighted by atomic mass is 10.2. The van der Waals surface area contributed by atoms with Gasteiger partial charge in [0.1, 0.15) is 22.5 Å². The van der Waals surface area contributed by atoms with Crippen molar-refractivity contribution < 1.29 is 9.13 Å². The van der Waals surface area contributed by atoms with Crippen LogP contribution < -0.4 is 4.74 Å². The summed E-state index contributed by atoms with van der Waals surface area (Å²) in [5.41, 5.74) is 0.528. The summed E-state index contributed by atoms with van der Waals surface area (Å²) in [4.78, 5) is 8.51. The van der Waals surface area contributed by atoms with E-state index in [1.165, 1.54) is 6.07 Å². The van der Waals surface area contributed by atoms with E-state index in [0.29, 0.717) is 28.3 Å². The van der Waals surface area contributed by atoms with Crippen molar-refractivity contribution >= 4 is 11.6 Å². The summed E-state index contributed by atoms with van der Waals surface area (Å²) in [5, 5.41) is 0.366. The Labute approximate surface area is 115 Å². The highest BCUT2D eigenvalue weighted by molar-refractivity contribution is 6.29. The molecule has 1 saturated carbocycles. The molecule has 0 N–H and O–H groups in total. The van der Waals surface area contributed by atoms with E-state index < -0.39 is 0 Å². The molecule has 1 heterocycles. The number of rotatable bonds is 3. The van der Waals surface area contributed by atoms with E-state index in [4.69, 9.17) is 16.3 Å². The summed E-state index contributed by atoms with van der Waals surface area (Å²) in [6.45, 7) is 1.69. The number of aryl methyl sites for hydroxylation is 1. The lowest BCUT2D eigenvalue weighted by molar-refractivity contribution is 0.456. The normalized spacial score (nSPS) is 14.5. The van der Waals surface area contributed by atoms with E-state index in [1.807, 2.05) is 0 Å². The van der Waals surface area contributed by atoms with Crippen LogP contribution in [0.3, 0.4) is 0 Å². The quantitative estimate of drug-likeness (QED) is 0.788. The minimum absolute atomic E-state index is 0.258. The Hall–Kier alpha value is -1.68. The van der Waals surface area contributed by atoms with Crippen molar-refractivity contribution in [1.82, 2.24) is 9.97 Å². The molecule has 1 aromatic carbocycles. The highest BCUT2D eigenvalue weighted by atomic mass is 35.5. The molecule has 5 heteroatoms. The van der Waals surface area contributed by atoms with E-state index in [0.717, 1.165) is 18.7 Å². The molecule has 1 aliphatic carbocycles. The SMILES string of the molecule is Cc1cc(Oc2cc(Cl)nc(C3CC3)n2)ccc1F. The van der Waals surface area contributed by atoms with Gasteiger partial charge in [0.05, 0.1) is 0 Å². The second-order valence-electron chi connectivity index (χ2n) is 4.67. The molecular formula is C14H12ClFN2O. The van der Waals surface area contributed by atoms with Crippen molar-refractivity contribution in [3.63, 3.8) is 0 Å². The molecule has 2 aromatic rings. The number of hydrogen-bond donors (Lipinski definition) is 0. The van der Waals surface area contributed by atoms with Gasteiger partial charge in [0.25, 0.3) is 0 Å². The molecule has 0 unspecified atom stereocenters. The third kappa shape index (κ3) is 2.84. The maximum Gasteiger partial charge on any atom is 0.224 e. The Bertz CT molecular complexity index is 629. The average molecular weight is 279 g/mol. The summed E-state index contributed by atoms with van der Waals surface area (Å²) in [6, 6.07) is 6.12. The standard InChI is InChI=1S/C14H12ClFN2O/c1-8-6-10(4-5-11(8)16)19-13-7-12(15)17-14(18-13)9-2-3-9/h4-7,9H,2-3H2,1H3. The number of nitrogens with zero attached hydrogens (tertiary/aromatic N) is 2. The van der Waals surface area contributed by atoms with Crippen molar-refractivity contribution in [3.8, 4) is 11.6 Å². The fourth-order valence-electron chi connectivity index (χ4n) is 1.79. The number of halogens is 2. The van der Waals surface area contributed by atoms with Gasteiger partial charge in [-0.25, -0.2) is 9.37 Å². The van der Waals surface area contributed by atoms with Gasteiger partial charge in [0, 0.05) is 12.0 Å². The Morgan fingerprint density at radius 1 is 1.26 bits per heavy atom. The summed E-state index contributed by atoms with van der Waals surface area (Å²) in [7, 11) is 0. The fraction of sp³-hybridized carbons (Fsp3) is 0.286. The zero-order valence-electron chi connectivity index (χ0n) is 10.4. The Kier molecular flexibility index (Phi) is 3.11. The van der Waals surface area contributed by atoms with Crippen molar-refractivity contribution in [2.45, 2.75) is 25.7 Å². The van der Waals surface area contributed by atoms with Crippen molar-refractivity contribution in [1.29, 1.82) is 0 Å². The maximum atomic E-state index is 13.2. The molecule has 0 bridgehead atoms. The Morgan fingerprint density at radius 3 is 2.74 bits per heavy atom. The minimum Gasteiger partial charge on any atom is -0.439 e. The van der Waals surface area contributed by atoms with E-state index >= 15 is 0 Å². The van der Waals surface area contributed by atoms with Gasteiger partial charge in [-0.3, -0.25) is 0 Å². The molecule has 1 fully saturated rings. The third-order valence-corrected chi connectivity index (χ3v) is 3.18. The zero-order chi connectivity index (χ0) is 13.4. The summed E-state index contributed by atoms with van der Waals surface area (Å²) >= 11 is 5.95. The number of aromatic nitrogens is 2. The fourth-order valence-corrected chi connectivity index (χ4v) is 1.97. The molecule has 0 saturated heterocycles. The first-order chi connectivity index (χ1) is 9.11. The first-order valence-electron chi connectivity index (χ1n) is 6.10. The van der Waals surface area contributed by atoms with Gasteiger partial charge >= 0.3 is 0 Å². The highest BCUT2D eigenvalue weighted by Gasteiger charge is 2.27. The number of ether oxygens (including phenoxy) is 1. The molecule has 3 rings (SSSR count). The van der Waals surface area contributed by atoms with Crippen LogP contribution in [0.25, 0.3) is 0 Å². The van der Waals surface area contributed by atoms with E-state index in [1.54, 1.807) is 25.1 Å². The van der Waals surface area contributed by atoms with E-state index in [9.17, 15) is 4.39 Å². The van der Waals surface area contributed by atoms with Crippen LogP contribution in [0.2, 0.25) is 5.15 Å². The van der Waals surface area contributed by atoms with Crippen LogP contribution in [0, 0.1) is 12.7 Å². The van der Waals surface area contributed by atoms with Crippen LogP contribution in [0.1, 0.15) is 30.1 Å². The molecule has 3 nitrogen and oxygen atoms in total. The maximum absolute atomic E-state index is 13.2. The van der Waals surface area contributed by atoms with Gasteiger partial charge in [-0.1, -0.05) is 11.6 Å². The van der Waals surface area contributed by atoms with Gasteiger partial charge in [0.2, 0.25) is 5.88 Å². The van der Waals surface area contributed by atoms with Gasteiger partial charge in [0.15, 0.2) is 0 Å². The van der Waals surface area contributed by atoms with Crippen LogP contribution in [-0.2, 0) is 0 Å². The molecule has 19 heavy (non-hydrogen) atoms. The van der Waals surface area contributed by atoms with Crippen LogP contribution in [0.5, 0.6) is 11.6 Å². The smallest absolute Gasteiger partial charge is 0.224 e. The largest absolute Gasteiger partial charge is 0.439 e. The average Bonchev–Trinajstić information content (AvgIpc) is 3.17. The summed E-state index contributed by atoms with van der Waals surface area (Å²) in [5.74, 6) is 1.80. The second kappa shape index (κ2) is 4.78. The molecule has 0 aliphatic heterocycles. The van der Waals surface area contributed by atoms with Gasteiger partial charge < -0.3 is 4.74 Å². The molecular weight excluding hydrogens is 267 g/mol. The summed E-state index contributed by atoms with van der Waals surface area (Å²) < 4.78 is 18.8. The van der Waals surface area contributed by atoms with Gasteiger partial charge in [-0.2, -0.15) is 4.98 Å².